The summed E-state index contributed by atoms with van der Waals surface area (Å²) in [5.74, 6) is 0.0640. The number of hydrogen-bond donors (Lipinski definition) is 1. The molecule has 0 aliphatic heterocycles. The van der Waals surface area contributed by atoms with E-state index < -0.39 is 0 Å². The van der Waals surface area contributed by atoms with E-state index in [2.05, 4.69) is 15.5 Å². The van der Waals surface area contributed by atoms with Gasteiger partial charge in [0, 0.05) is 11.3 Å². The van der Waals surface area contributed by atoms with Gasteiger partial charge < -0.3 is 5.73 Å². The molecule has 0 aliphatic rings. The maximum atomic E-state index is 13.5. The Morgan fingerprint density at radius 3 is 2.76 bits per heavy atom. The highest BCUT2D eigenvalue weighted by Crippen LogP contribution is 2.29. The highest BCUT2D eigenvalue weighted by Gasteiger charge is 2.15. The molecule has 3 rings (SSSR count). The number of hydrogen-bond acceptors (Lipinski definition) is 4. The predicted octanol–water partition coefficient (Wildman–Crippen LogP) is 3.01. The van der Waals surface area contributed by atoms with Crippen molar-refractivity contribution in [2.45, 2.75) is 6.92 Å². The molecule has 1 aromatic heterocycles. The topological polar surface area (TPSA) is 69.6 Å². The molecule has 0 amide bonds. The number of tetrazole rings is 1. The zero-order valence-corrected chi connectivity index (χ0v) is 11.8. The molecule has 21 heavy (non-hydrogen) atoms. The Morgan fingerprint density at radius 1 is 1.19 bits per heavy atom. The molecule has 0 bridgehead atoms. The number of anilines is 1. The fourth-order valence-corrected chi connectivity index (χ4v) is 2.31. The monoisotopic (exact) mass is 303 g/mol. The maximum absolute atomic E-state index is 13.5. The van der Waals surface area contributed by atoms with Crippen LogP contribution in [0.1, 0.15) is 5.56 Å². The van der Waals surface area contributed by atoms with Crippen molar-refractivity contribution < 1.29 is 4.39 Å². The van der Waals surface area contributed by atoms with Crippen LogP contribution in [0.3, 0.4) is 0 Å². The molecule has 0 spiro atoms. The van der Waals surface area contributed by atoms with E-state index in [0.717, 1.165) is 5.56 Å². The Hall–Kier alpha value is -2.47. The number of nitrogen functional groups attached to an aromatic ring is 1. The molecule has 5 nitrogen and oxygen atoms in total. The molecule has 1 heterocycles. The van der Waals surface area contributed by atoms with Crippen LogP contribution in [0.2, 0.25) is 5.02 Å². The summed E-state index contributed by atoms with van der Waals surface area (Å²) in [7, 11) is 0. The van der Waals surface area contributed by atoms with Crippen LogP contribution in [-0.4, -0.2) is 20.2 Å². The largest absolute Gasteiger partial charge is 0.399 e. The molecule has 3 aromatic rings. The second kappa shape index (κ2) is 5.14. The Kier molecular flexibility index (Phi) is 3.31. The lowest BCUT2D eigenvalue weighted by atomic mass is 10.1. The van der Waals surface area contributed by atoms with Gasteiger partial charge in [0.05, 0.1) is 10.7 Å². The Bertz CT molecular complexity index is 815. The molecule has 106 valence electrons. The zero-order valence-electron chi connectivity index (χ0n) is 11.1. The first-order valence-corrected chi connectivity index (χ1v) is 6.54. The van der Waals surface area contributed by atoms with Crippen LogP contribution in [0.25, 0.3) is 17.1 Å². The Morgan fingerprint density at radius 2 is 2.00 bits per heavy atom. The second-order valence-corrected chi connectivity index (χ2v) is 4.99. The van der Waals surface area contributed by atoms with Crippen molar-refractivity contribution in [1.82, 2.24) is 20.2 Å². The van der Waals surface area contributed by atoms with Crippen LogP contribution in [0.5, 0.6) is 0 Å². The Labute approximate surface area is 125 Å². The molecule has 0 fully saturated rings. The van der Waals surface area contributed by atoms with Crippen LogP contribution in [-0.2, 0) is 0 Å². The molecule has 0 atom stereocenters. The number of rotatable bonds is 2. The van der Waals surface area contributed by atoms with Gasteiger partial charge in [0.25, 0.3) is 0 Å². The normalized spacial score (nSPS) is 10.8. The zero-order chi connectivity index (χ0) is 15.0. The number of halogens is 2. The second-order valence-electron chi connectivity index (χ2n) is 4.58. The average Bonchev–Trinajstić information content (AvgIpc) is 2.90. The highest BCUT2D eigenvalue weighted by molar-refractivity contribution is 6.33. The van der Waals surface area contributed by atoms with E-state index in [1.807, 2.05) is 6.92 Å². The molecule has 0 aliphatic carbocycles. The van der Waals surface area contributed by atoms with Crippen molar-refractivity contribution in [2.75, 3.05) is 5.73 Å². The van der Waals surface area contributed by atoms with Gasteiger partial charge in [-0.2, -0.15) is 4.68 Å². The summed E-state index contributed by atoms with van der Waals surface area (Å²) in [6.07, 6.45) is 0. The number of aromatic nitrogens is 4. The molecule has 2 aromatic carbocycles. The third kappa shape index (κ3) is 2.45. The first kappa shape index (κ1) is 13.5. The van der Waals surface area contributed by atoms with E-state index in [0.29, 0.717) is 27.8 Å². The average molecular weight is 304 g/mol. The smallest absolute Gasteiger partial charge is 0.188 e. The highest BCUT2D eigenvalue weighted by atomic mass is 35.5. The van der Waals surface area contributed by atoms with Gasteiger partial charge in [0.15, 0.2) is 5.82 Å². The van der Waals surface area contributed by atoms with Gasteiger partial charge in [-0.15, -0.1) is 5.10 Å². The van der Waals surface area contributed by atoms with Gasteiger partial charge in [0.2, 0.25) is 0 Å². The molecule has 0 saturated carbocycles. The molecule has 2 N–H and O–H groups in total. The van der Waals surface area contributed by atoms with E-state index in [1.54, 1.807) is 24.3 Å². The van der Waals surface area contributed by atoms with Gasteiger partial charge in [0.1, 0.15) is 5.82 Å². The summed E-state index contributed by atoms with van der Waals surface area (Å²) < 4.78 is 14.9. The van der Waals surface area contributed by atoms with Gasteiger partial charge in [-0.05, 0) is 53.2 Å². The van der Waals surface area contributed by atoms with Crippen molar-refractivity contribution in [3.8, 4) is 17.1 Å². The van der Waals surface area contributed by atoms with Crippen molar-refractivity contribution in [2.24, 2.45) is 0 Å². The number of nitrogens with two attached hydrogens (primary N) is 1. The van der Waals surface area contributed by atoms with Gasteiger partial charge in [-0.1, -0.05) is 17.7 Å². The predicted molar refractivity (Wildman–Crippen MR) is 78.7 cm³/mol. The van der Waals surface area contributed by atoms with Gasteiger partial charge in [-0.25, -0.2) is 4.39 Å². The van der Waals surface area contributed by atoms with Gasteiger partial charge >= 0.3 is 0 Å². The minimum absolute atomic E-state index is 0.361. The quantitative estimate of drug-likeness (QED) is 0.739. The van der Waals surface area contributed by atoms with Crippen molar-refractivity contribution in [3.63, 3.8) is 0 Å². The first-order valence-electron chi connectivity index (χ1n) is 6.16. The molecule has 7 heteroatoms. The van der Waals surface area contributed by atoms with Crippen LogP contribution >= 0.6 is 11.6 Å². The molecular weight excluding hydrogens is 293 g/mol. The van der Waals surface area contributed by atoms with E-state index in [-0.39, 0.29) is 5.82 Å². The van der Waals surface area contributed by atoms with Crippen molar-refractivity contribution >= 4 is 17.3 Å². The SMILES string of the molecule is Cc1ccc(F)cc1-n1nnnc1-c1ccc(N)cc1Cl. The summed E-state index contributed by atoms with van der Waals surface area (Å²) in [6.45, 7) is 1.85. The summed E-state index contributed by atoms with van der Waals surface area (Å²) in [4.78, 5) is 0. The summed E-state index contributed by atoms with van der Waals surface area (Å²) in [6, 6.07) is 9.49. The molecule has 0 saturated heterocycles. The van der Waals surface area contributed by atoms with E-state index in [9.17, 15) is 4.39 Å². The Balaban J connectivity index is 2.19. The van der Waals surface area contributed by atoms with Crippen LogP contribution < -0.4 is 5.73 Å². The molecular formula is C14H11ClFN5. The van der Waals surface area contributed by atoms with E-state index >= 15 is 0 Å². The van der Waals surface area contributed by atoms with Crippen LogP contribution in [0, 0.1) is 12.7 Å². The molecule has 0 unspecified atom stereocenters. The third-order valence-electron chi connectivity index (χ3n) is 3.10. The fraction of sp³-hybridized carbons (Fsp3) is 0.0714. The third-order valence-corrected chi connectivity index (χ3v) is 3.42. The minimum Gasteiger partial charge on any atom is -0.399 e. The summed E-state index contributed by atoms with van der Waals surface area (Å²) in [5.41, 5.74) is 8.25. The number of aryl methyl sites for hydroxylation is 1. The fourth-order valence-electron chi connectivity index (χ4n) is 2.04. The van der Waals surface area contributed by atoms with Crippen LogP contribution in [0.15, 0.2) is 36.4 Å². The summed E-state index contributed by atoms with van der Waals surface area (Å²) in [5, 5.41) is 12.0. The maximum Gasteiger partial charge on any atom is 0.188 e. The standard InChI is InChI=1S/C14H11ClFN5/c1-8-2-3-9(16)6-13(8)21-14(18-19-20-21)11-5-4-10(17)7-12(11)15/h2-7H,17H2,1H3. The lowest BCUT2D eigenvalue weighted by Crippen LogP contribution is -2.03. The van der Waals surface area contributed by atoms with Gasteiger partial charge in [-0.3, -0.25) is 0 Å². The first-order chi connectivity index (χ1) is 10.1. The lowest BCUT2D eigenvalue weighted by molar-refractivity contribution is 0.624. The van der Waals surface area contributed by atoms with Crippen molar-refractivity contribution in [1.29, 1.82) is 0 Å². The number of nitrogens with zero attached hydrogens (tertiary/aromatic N) is 4. The van der Waals surface area contributed by atoms with E-state index in [1.165, 1.54) is 16.8 Å². The number of benzene rings is 2. The summed E-state index contributed by atoms with van der Waals surface area (Å²) >= 11 is 6.19. The van der Waals surface area contributed by atoms with E-state index in [4.69, 9.17) is 17.3 Å². The van der Waals surface area contributed by atoms with Crippen molar-refractivity contribution in [3.05, 3.63) is 52.8 Å². The molecule has 0 radical (unpaired) electrons. The minimum atomic E-state index is -0.361. The van der Waals surface area contributed by atoms with Crippen LogP contribution in [0.4, 0.5) is 10.1 Å². The lowest BCUT2D eigenvalue weighted by Gasteiger charge is -2.09.